The van der Waals surface area contributed by atoms with E-state index in [-0.39, 0.29) is 6.61 Å². The Bertz CT molecular complexity index is 265. The second-order valence-electron chi connectivity index (χ2n) is 3.96. The Hall–Kier alpha value is -1.32. The van der Waals surface area contributed by atoms with Gasteiger partial charge in [-0.3, -0.25) is 9.59 Å². The average Bonchev–Trinajstić information content (AvgIpc) is 2.34. The Morgan fingerprint density at radius 1 is 1.18 bits per heavy atom. The van der Waals surface area contributed by atoms with Crippen molar-refractivity contribution in [2.24, 2.45) is 5.41 Å². The van der Waals surface area contributed by atoms with Crippen LogP contribution in [0.25, 0.3) is 0 Å². The van der Waals surface area contributed by atoms with Crippen molar-refractivity contribution in [1.29, 1.82) is 0 Å². The molecule has 0 unspecified atom stereocenters. The van der Waals surface area contributed by atoms with E-state index < -0.39 is 17.4 Å². The van der Waals surface area contributed by atoms with Crippen LogP contribution in [0.1, 0.15) is 39.5 Å². The molecule has 0 aliphatic rings. The molecule has 0 rings (SSSR count). The molecule has 4 heteroatoms. The molecule has 98 valence electrons. The standard InChI is InChI=1S/C13H22O4/c1-5-8-13(9-6-2,11(14)16-4)12(15)17-10-7-3/h7H,3,5-6,8-10H2,1-2,4H3. The zero-order valence-corrected chi connectivity index (χ0v) is 11.0. The topological polar surface area (TPSA) is 52.6 Å². The van der Waals surface area contributed by atoms with Gasteiger partial charge in [0.15, 0.2) is 5.41 Å². The summed E-state index contributed by atoms with van der Waals surface area (Å²) in [5.41, 5.74) is -1.15. The molecule has 0 aromatic rings. The number of rotatable bonds is 8. The first kappa shape index (κ1) is 15.7. The number of hydrogen-bond donors (Lipinski definition) is 0. The van der Waals surface area contributed by atoms with E-state index >= 15 is 0 Å². The van der Waals surface area contributed by atoms with Crippen molar-refractivity contribution >= 4 is 11.9 Å². The number of carbonyl (C=O) groups excluding carboxylic acids is 2. The van der Waals surface area contributed by atoms with Gasteiger partial charge in [0, 0.05) is 0 Å². The number of ether oxygens (including phenoxy) is 2. The summed E-state index contributed by atoms with van der Waals surface area (Å²) < 4.78 is 9.78. The van der Waals surface area contributed by atoms with Crippen molar-refractivity contribution in [1.82, 2.24) is 0 Å². The molecule has 0 fully saturated rings. The Labute approximate surface area is 103 Å². The van der Waals surface area contributed by atoms with Gasteiger partial charge in [-0.25, -0.2) is 0 Å². The second-order valence-corrected chi connectivity index (χ2v) is 3.96. The van der Waals surface area contributed by atoms with Gasteiger partial charge in [0.05, 0.1) is 7.11 Å². The van der Waals surface area contributed by atoms with Gasteiger partial charge >= 0.3 is 11.9 Å². The fraction of sp³-hybridized carbons (Fsp3) is 0.692. The molecular weight excluding hydrogens is 220 g/mol. The summed E-state index contributed by atoms with van der Waals surface area (Å²) in [5.74, 6) is -1.01. The summed E-state index contributed by atoms with van der Waals surface area (Å²) >= 11 is 0. The molecule has 0 atom stereocenters. The van der Waals surface area contributed by atoms with E-state index in [1.165, 1.54) is 13.2 Å². The van der Waals surface area contributed by atoms with Crippen molar-refractivity contribution in [2.75, 3.05) is 13.7 Å². The highest BCUT2D eigenvalue weighted by molar-refractivity contribution is 6.00. The Morgan fingerprint density at radius 2 is 1.71 bits per heavy atom. The van der Waals surface area contributed by atoms with Crippen molar-refractivity contribution in [3.63, 3.8) is 0 Å². The Kier molecular flexibility index (Phi) is 7.26. The third kappa shape index (κ3) is 3.88. The van der Waals surface area contributed by atoms with Crippen LogP contribution in [-0.4, -0.2) is 25.7 Å². The number of methoxy groups -OCH3 is 1. The van der Waals surface area contributed by atoms with E-state index in [1.54, 1.807) is 0 Å². The highest BCUT2D eigenvalue weighted by Gasteiger charge is 2.46. The quantitative estimate of drug-likeness (QED) is 0.373. The first-order chi connectivity index (χ1) is 8.08. The van der Waals surface area contributed by atoms with Gasteiger partial charge in [0.1, 0.15) is 6.61 Å². The summed E-state index contributed by atoms with van der Waals surface area (Å²) in [6.07, 6.45) is 3.82. The second kappa shape index (κ2) is 7.87. The molecule has 17 heavy (non-hydrogen) atoms. The fourth-order valence-electron chi connectivity index (χ4n) is 1.94. The van der Waals surface area contributed by atoms with Gasteiger partial charge in [-0.05, 0) is 12.8 Å². The van der Waals surface area contributed by atoms with Gasteiger partial charge in [-0.2, -0.15) is 0 Å². The minimum absolute atomic E-state index is 0.116. The normalized spacial score (nSPS) is 10.8. The zero-order valence-electron chi connectivity index (χ0n) is 11.0. The van der Waals surface area contributed by atoms with E-state index in [1.807, 2.05) is 13.8 Å². The van der Waals surface area contributed by atoms with E-state index in [2.05, 4.69) is 6.58 Å². The molecule has 0 aromatic carbocycles. The smallest absolute Gasteiger partial charge is 0.323 e. The van der Waals surface area contributed by atoms with Gasteiger partial charge in [-0.1, -0.05) is 39.3 Å². The molecule has 0 aliphatic heterocycles. The van der Waals surface area contributed by atoms with Gasteiger partial charge in [0.25, 0.3) is 0 Å². The molecule has 0 saturated carbocycles. The molecule has 0 radical (unpaired) electrons. The summed E-state index contributed by atoms with van der Waals surface area (Å²) in [4.78, 5) is 23.9. The lowest BCUT2D eigenvalue weighted by Gasteiger charge is -2.27. The van der Waals surface area contributed by atoms with Crippen molar-refractivity contribution < 1.29 is 19.1 Å². The van der Waals surface area contributed by atoms with Crippen molar-refractivity contribution in [3.8, 4) is 0 Å². The van der Waals surface area contributed by atoms with Crippen LogP contribution in [0, 0.1) is 5.41 Å². The van der Waals surface area contributed by atoms with Crippen LogP contribution in [0.4, 0.5) is 0 Å². The Morgan fingerprint density at radius 3 is 2.06 bits per heavy atom. The molecule has 0 bridgehead atoms. The first-order valence-corrected chi connectivity index (χ1v) is 5.95. The minimum Gasteiger partial charge on any atom is -0.468 e. The molecule has 0 aliphatic carbocycles. The van der Waals surface area contributed by atoms with Gasteiger partial charge in [0.2, 0.25) is 0 Å². The largest absolute Gasteiger partial charge is 0.468 e. The van der Waals surface area contributed by atoms with E-state index in [0.29, 0.717) is 12.8 Å². The van der Waals surface area contributed by atoms with Crippen LogP contribution in [0.3, 0.4) is 0 Å². The van der Waals surface area contributed by atoms with Crippen molar-refractivity contribution in [3.05, 3.63) is 12.7 Å². The lowest BCUT2D eigenvalue weighted by Crippen LogP contribution is -2.41. The predicted octanol–water partition coefficient (Wildman–Crippen LogP) is 2.48. The predicted molar refractivity (Wildman–Crippen MR) is 65.4 cm³/mol. The van der Waals surface area contributed by atoms with Crippen LogP contribution in [0.15, 0.2) is 12.7 Å². The maximum atomic E-state index is 12.0. The zero-order chi connectivity index (χ0) is 13.3. The summed E-state index contributed by atoms with van der Waals surface area (Å²) in [6, 6.07) is 0. The van der Waals surface area contributed by atoms with Crippen LogP contribution >= 0.6 is 0 Å². The van der Waals surface area contributed by atoms with Crippen LogP contribution in [-0.2, 0) is 19.1 Å². The monoisotopic (exact) mass is 242 g/mol. The van der Waals surface area contributed by atoms with E-state index in [9.17, 15) is 9.59 Å². The molecule has 0 heterocycles. The molecule has 0 aromatic heterocycles. The summed E-state index contributed by atoms with van der Waals surface area (Å²) in [6.45, 7) is 7.44. The first-order valence-electron chi connectivity index (χ1n) is 5.95. The Balaban J connectivity index is 5.06. The molecule has 4 nitrogen and oxygen atoms in total. The highest BCUT2D eigenvalue weighted by Crippen LogP contribution is 2.33. The molecule has 0 spiro atoms. The third-order valence-corrected chi connectivity index (χ3v) is 2.65. The van der Waals surface area contributed by atoms with E-state index in [4.69, 9.17) is 9.47 Å². The third-order valence-electron chi connectivity index (χ3n) is 2.65. The minimum atomic E-state index is -1.15. The van der Waals surface area contributed by atoms with E-state index in [0.717, 1.165) is 12.8 Å². The summed E-state index contributed by atoms with van der Waals surface area (Å²) in [7, 11) is 1.29. The lowest BCUT2D eigenvalue weighted by atomic mass is 9.79. The lowest BCUT2D eigenvalue weighted by molar-refractivity contribution is -0.171. The highest BCUT2D eigenvalue weighted by atomic mass is 16.6. The number of hydrogen-bond acceptors (Lipinski definition) is 4. The van der Waals surface area contributed by atoms with Crippen LogP contribution in [0.2, 0.25) is 0 Å². The molecular formula is C13H22O4. The SMILES string of the molecule is C=CCOC(=O)C(CCC)(CCC)C(=O)OC. The number of esters is 2. The van der Waals surface area contributed by atoms with Gasteiger partial charge in [-0.15, -0.1) is 0 Å². The van der Waals surface area contributed by atoms with Crippen LogP contribution < -0.4 is 0 Å². The number of carbonyl (C=O) groups is 2. The van der Waals surface area contributed by atoms with Gasteiger partial charge < -0.3 is 9.47 Å². The van der Waals surface area contributed by atoms with Crippen LogP contribution in [0.5, 0.6) is 0 Å². The molecule has 0 saturated heterocycles. The summed E-state index contributed by atoms with van der Waals surface area (Å²) in [5, 5.41) is 0. The van der Waals surface area contributed by atoms with Crippen molar-refractivity contribution in [2.45, 2.75) is 39.5 Å². The molecule has 0 N–H and O–H groups in total. The fourth-order valence-corrected chi connectivity index (χ4v) is 1.94. The maximum Gasteiger partial charge on any atom is 0.323 e. The maximum absolute atomic E-state index is 12.0. The average molecular weight is 242 g/mol. The molecule has 0 amide bonds.